The summed E-state index contributed by atoms with van der Waals surface area (Å²) >= 11 is 9.39. The number of hydrogen-bond acceptors (Lipinski definition) is 3. The lowest BCUT2D eigenvalue weighted by atomic mass is 9.98. The van der Waals surface area contributed by atoms with Gasteiger partial charge in [-0.2, -0.15) is 0 Å². The molecule has 0 aliphatic carbocycles. The minimum Gasteiger partial charge on any atom is -0.491 e. The lowest BCUT2D eigenvalue weighted by Gasteiger charge is -2.32. The Morgan fingerprint density at radius 1 is 1.50 bits per heavy atom. The number of ether oxygens (including phenoxy) is 1. The van der Waals surface area contributed by atoms with E-state index in [2.05, 4.69) is 26.1 Å². The van der Waals surface area contributed by atoms with Gasteiger partial charge in [-0.05, 0) is 73.0 Å². The van der Waals surface area contributed by atoms with E-state index in [1.165, 1.54) is 25.9 Å². The van der Waals surface area contributed by atoms with Crippen LogP contribution in [0, 0.1) is 5.92 Å². The van der Waals surface area contributed by atoms with Crippen molar-refractivity contribution in [2.45, 2.75) is 12.8 Å². The maximum Gasteiger partial charge on any atom is 0.133 e. The molecule has 1 aliphatic rings. The van der Waals surface area contributed by atoms with E-state index in [1.54, 1.807) is 0 Å². The molecule has 0 aromatic heterocycles. The van der Waals surface area contributed by atoms with E-state index in [1.807, 2.05) is 25.2 Å². The summed E-state index contributed by atoms with van der Waals surface area (Å²) in [7, 11) is 2.03. The van der Waals surface area contributed by atoms with Crippen LogP contribution in [-0.4, -0.2) is 44.7 Å². The molecule has 1 aromatic carbocycles. The summed E-state index contributed by atoms with van der Waals surface area (Å²) in [6.07, 6.45) is 2.62. The molecule has 1 aliphatic heterocycles. The lowest BCUT2D eigenvalue weighted by Crippen LogP contribution is -2.40. The monoisotopic (exact) mass is 360 g/mol. The van der Waals surface area contributed by atoms with Crippen LogP contribution in [0.4, 0.5) is 0 Å². The number of likely N-dealkylation sites (tertiary alicyclic amines) is 1. The van der Waals surface area contributed by atoms with Gasteiger partial charge in [-0.15, -0.1) is 0 Å². The maximum absolute atomic E-state index is 5.92. The Kier molecular flexibility index (Phi) is 6.62. The van der Waals surface area contributed by atoms with Crippen molar-refractivity contribution in [1.82, 2.24) is 10.2 Å². The van der Waals surface area contributed by atoms with Crippen LogP contribution < -0.4 is 10.1 Å². The third kappa shape index (κ3) is 4.92. The van der Waals surface area contributed by atoms with Gasteiger partial charge in [-0.3, -0.25) is 4.90 Å². The zero-order valence-electron chi connectivity index (χ0n) is 11.9. The second-order valence-electron chi connectivity index (χ2n) is 5.29. The zero-order chi connectivity index (χ0) is 14.4. The third-order valence-electron chi connectivity index (χ3n) is 3.65. The molecule has 3 nitrogen and oxygen atoms in total. The van der Waals surface area contributed by atoms with Gasteiger partial charge in [0.05, 0.1) is 4.47 Å². The van der Waals surface area contributed by atoms with Crippen LogP contribution in [0.1, 0.15) is 12.8 Å². The standard InChI is InChI=1S/C15H22BrClN2O/c1-18-10-12-3-2-6-19(11-12)7-8-20-15-5-4-13(17)9-14(15)16/h4-5,9,12,18H,2-3,6-8,10-11H2,1H3. The van der Waals surface area contributed by atoms with E-state index >= 15 is 0 Å². The van der Waals surface area contributed by atoms with Crippen molar-refractivity contribution in [3.8, 4) is 5.75 Å². The van der Waals surface area contributed by atoms with Gasteiger partial charge >= 0.3 is 0 Å². The first kappa shape index (κ1) is 16.1. The highest BCUT2D eigenvalue weighted by atomic mass is 79.9. The number of piperidine rings is 1. The molecule has 2 rings (SSSR count). The van der Waals surface area contributed by atoms with Gasteiger partial charge in [0.1, 0.15) is 12.4 Å². The number of benzene rings is 1. The van der Waals surface area contributed by atoms with Gasteiger partial charge in [0.15, 0.2) is 0 Å². The minimum absolute atomic E-state index is 0.715. The van der Waals surface area contributed by atoms with Gasteiger partial charge < -0.3 is 10.1 Å². The number of hydrogen-bond donors (Lipinski definition) is 1. The van der Waals surface area contributed by atoms with Gasteiger partial charge in [-0.25, -0.2) is 0 Å². The summed E-state index contributed by atoms with van der Waals surface area (Å²) in [5.74, 6) is 1.63. The second-order valence-corrected chi connectivity index (χ2v) is 6.58. The molecule has 5 heteroatoms. The molecule has 1 heterocycles. The average molecular weight is 362 g/mol. The van der Waals surface area contributed by atoms with E-state index in [0.29, 0.717) is 6.61 Å². The van der Waals surface area contributed by atoms with Crippen molar-refractivity contribution in [3.63, 3.8) is 0 Å². The molecule has 1 saturated heterocycles. The predicted molar refractivity (Wildman–Crippen MR) is 87.7 cm³/mol. The summed E-state index contributed by atoms with van der Waals surface area (Å²) in [6, 6.07) is 5.62. The molecule has 1 atom stereocenters. The van der Waals surface area contributed by atoms with Gasteiger partial charge in [0.2, 0.25) is 0 Å². The zero-order valence-corrected chi connectivity index (χ0v) is 14.2. The Morgan fingerprint density at radius 3 is 3.10 bits per heavy atom. The van der Waals surface area contributed by atoms with E-state index < -0.39 is 0 Å². The van der Waals surface area contributed by atoms with Gasteiger partial charge in [-0.1, -0.05) is 11.6 Å². The molecule has 0 amide bonds. The van der Waals surface area contributed by atoms with E-state index in [0.717, 1.165) is 34.3 Å². The molecule has 20 heavy (non-hydrogen) atoms. The molecule has 1 unspecified atom stereocenters. The molecule has 1 fully saturated rings. The van der Waals surface area contributed by atoms with Crippen molar-refractivity contribution < 1.29 is 4.74 Å². The molecule has 0 spiro atoms. The van der Waals surface area contributed by atoms with Gasteiger partial charge in [0, 0.05) is 18.1 Å². The SMILES string of the molecule is CNCC1CCCN(CCOc2ccc(Cl)cc2Br)C1. The molecular weight excluding hydrogens is 340 g/mol. The normalized spacial score (nSPS) is 20.1. The van der Waals surface area contributed by atoms with Crippen LogP contribution in [-0.2, 0) is 0 Å². The van der Waals surface area contributed by atoms with E-state index in [-0.39, 0.29) is 0 Å². The first-order valence-electron chi connectivity index (χ1n) is 7.14. The molecule has 1 N–H and O–H groups in total. The fourth-order valence-electron chi connectivity index (χ4n) is 2.69. The van der Waals surface area contributed by atoms with Crippen LogP contribution in [0.5, 0.6) is 5.75 Å². The number of nitrogens with zero attached hydrogens (tertiary/aromatic N) is 1. The summed E-state index contributed by atoms with van der Waals surface area (Å²) in [4.78, 5) is 2.50. The largest absolute Gasteiger partial charge is 0.491 e. The first-order chi connectivity index (χ1) is 9.69. The Bertz CT molecular complexity index is 428. The topological polar surface area (TPSA) is 24.5 Å². The highest BCUT2D eigenvalue weighted by molar-refractivity contribution is 9.10. The Morgan fingerprint density at radius 2 is 2.35 bits per heavy atom. The summed E-state index contributed by atoms with van der Waals surface area (Å²) in [5.41, 5.74) is 0. The van der Waals surface area contributed by atoms with Crippen LogP contribution in [0.3, 0.4) is 0 Å². The van der Waals surface area contributed by atoms with Crippen LogP contribution in [0.15, 0.2) is 22.7 Å². The predicted octanol–water partition coefficient (Wildman–Crippen LogP) is 3.41. The lowest BCUT2D eigenvalue weighted by molar-refractivity contribution is 0.146. The smallest absolute Gasteiger partial charge is 0.133 e. The second kappa shape index (κ2) is 8.23. The Hall–Kier alpha value is -0.290. The Labute approximate surface area is 134 Å². The van der Waals surface area contributed by atoms with E-state index in [4.69, 9.17) is 16.3 Å². The van der Waals surface area contributed by atoms with Crippen molar-refractivity contribution in [1.29, 1.82) is 0 Å². The van der Waals surface area contributed by atoms with Crippen LogP contribution >= 0.6 is 27.5 Å². The summed E-state index contributed by atoms with van der Waals surface area (Å²) in [6.45, 7) is 5.17. The van der Waals surface area contributed by atoms with Gasteiger partial charge in [0.25, 0.3) is 0 Å². The minimum atomic E-state index is 0.715. The molecule has 1 aromatic rings. The van der Waals surface area contributed by atoms with Crippen molar-refractivity contribution >= 4 is 27.5 Å². The van der Waals surface area contributed by atoms with E-state index in [9.17, 15) is 0 Å². The highest BCUT2D eigenvalue weighted by Crippen LogP contribution is 2.28. The molecule has 0 bridgehead atoms. The number of rotatable bonds is 6. The molecule has 112 valence electrons. The Balaban J connectivity index is 1.75. The summed E-state index contributed by atoms with van der Waals surface area (Å²) in [5, 5.41) is 3.99. The molecular formula is C15H22BrClN2O. The summed E-state index contributed by atoms with van der Waals surface area (Å²) < 4.78 is 6.74. The maximum atomic E-state index is 5.92. The van der Waals surface area contributed by atoms with Crippen LogP contribution in [0.2, 0.25) is 5.02 Å². The molecule has 0 saturated carbocycles. The fourth-order valence-corrected chi connectivity index (χ4v) is 3.48. The average Bonchev–Trinajstić information content (AvgIpc) is 2.42. The first-order valence-corrected chi connectivity index (χ1v) is 8.31. The van der Waals surface area contributed by atoms with Crippen molar-refractivity contribution in [3.05, 3.63) is 27.7 Å². The van der Waals surface area contributed by atoms with Crippen molar-refractivity contribution in [2.24, 2.45) is 5.92 Å². The number of halogens is 2. The van der Waals surface area contributed by atoms with Crippen molar-refractivity contribution in [2.75, 3.05) is 39.8 Å². The number of nitrogens with one attached hydrogen (secondary N) is 1. The quantitative estimate of drug-likeness (QED) is 0.840. The fraction of sp³-hybridized carbons (Fsp3) is 0.600. The van der Waals surface area contributed by atoms with Crippen LogP contribution in [0.25, 0.3) is 0 Å². The molecule has 0 radical (unpaired) electrons. The third-order valence-corrected chi connectivity index (χ3v) is 4.51. The highest BCUT2D eigenvalue weighted by Gasteiger charge is 2.18.